The Labute approximate surface area is 181 Å². The third kappa shape index (κ3) is 2.80. The molecule has 6 nitrogen and oxygen atoms in total. The van der Waals surface area contributed by atoms with E-state index in [-0.39, 0.29) is 5.11 Å². The molecule has 0 unspecified atom stereocenters. The lowest BCUT2D eigenvalue weighted by Gasteiger charge is -2.11. The highest BCUT2D eigenvalue weighted by Gasteiger charge is 2.26. The smallest absolute Gasteiger partial charge is 0.193 e. The molecule has 0 fully saturated rings. The first kappa shape index (κ1) is 18.5. The van der Waals surface area contributed by atoms with Gasteiger partial charge in [0.2, 0.25) is 0 Å². The lowest BCUT2D eigenvalue weighted by Crippen LogP contribution is -2.22. The number of ether oxygens (including phenoxy) is 1. The van der Waals surface area contributed by atoms with Crippen molar-refractivity contribution in [2.45, 2.75) is 0 Å². The molecule has 5 rings (SSSR count). The number of nitrogens with zero attached hydrogens (tertiary/aromatic N) is 3. The minimum atomic E-state index is 0.0697. The number of nitrogens with two attached hydrogens (primary N) is 2. The number of aromatic nitrogens is 3. The summed E-state index contributed by atoms with van der Waals surface area (Å²) in [7, 11) is 1.64. The predicted octanol–water partition coefficient (Wildman–Crippen LogP) is 4.66. The molecule has 0 aliphatic heterocycles. The van der Waals surface area contributed by atoms with Crippen LogP contribution in [0.25, 0.3) is 42.8 Å². The SMILES string of the molecule is COc1ccc2ccccc2c1-c1nn(C(N)=S)c(N)c1-c1nc2ccccc2s1. The van der Waals surface area contributed by atoms with Gasteiger partial charge in [-0.25, -0.2) is 4.98 Å². The maximum atomic E-state index is 6.49. The molecular formula is C22H17N5OS2. The van der Waals surface area contributed by atoms with Crippen molar-refractivity contribution in [3.63, 3.8) is 0 Å². The highest BCUT2D eigenvalue weighted by molar-refractivity contribution is 7.80. The van der Waals surface area contributed by atoms with Crippen LogP contribution in [0.15, 0.2) is 60.7 Å². The first-order valence-electron chi connectivity index (χ1n) is 9.19. The van der Waals surface area contributed by atoms with Gasteiger partial charge in [-0.2, -0.15) is 9.78 Å². The van der Waals surface area contributed by atoms with Gasteiger partial charge in [0.05, 0.1) is 28.5 Å². The van der Waals surface area contributed by atoms with E-state index in [9.17, 15) is 0 Å². The highest BCUT2D eigenvalue weighted by Crippen LogP contribution is 2.45. The molecule has 3 aromatic carbocycles. The van der Waals surface area contributed by atoms with Gasteiger partial charge in [0.25, 0.3) is 0 Å². The van der Waals surface area contributed by atoms with Gasteiger partial charge in [-0.05, 0) is 41.2 Å². The Morgan fingerprint density at radius 1 is 1.03 bits per heavy atom. The van der Waals surface area contributed by atoms with Crippen LogP contribution >= 0.6 is 23.6 Å². The molecule has 0 spiro atoms. The van der Waals surface area contributed by atoms with Crippen LogP contribution in [0.4, 0.5) is 5.82 Å². The normalized spacial score (nSPS) is 11.2. The van der Waals surface area contributed by atoms with Crippen molar-refractivity contribution in [2.75, 3.05) is 12.8 Å². The second-order valence-corrected chi connectivity index (χ2v) is 8.16. The molecule has 0 saturated carbocycles. The summed E-state index contributed by atoms with van der Waals surface area (Å²) in [5, 5.41) is 7.57. The Morgan fingerprint density at radius 3 is 2.57 bits per heavy atom. The molecule has 5 aromatic rings. The number of anilines is 1. The summed E-state index contributed by atoms with van der Waals surface area (Å²) < 4.78 is 8.14. The van der Waals surface area contributed by atoms with Crippen LogP contribution in [0.5, 0.6) is 5.75 Å². The van der Waals surface area contributed by atoms with Crippen molar-refractivity contribution in [1.82, 2.24) is 14.8 Å². The molecule has 0 amide bonds. The number of thiazole rings is 1. The van der Waals surface area contributed by atoms with E-state index >= 15 is 0 Å². The molecule has 8 heteroatoms. The van der Waals surface area contributed by atoms with E-state index in [1.807, 2.05) is 60.7 Å². The van der Waals surface area contributed by atoms with E-state index in [0.717, 1.165) is 31.6 Å². The van der Waals surface area contributed by atoms with Crippen molar-refractivity contribution in [3.8, 4) is 27.6 Å². The zero-order valence-corrected chi connectivity index (χ0v) is 17.6. The van der Waals surface area contributed by atoms with Crippen LogP contribution in [0.2, 0.25) is 0 Å². The highest BCUT2D eigenvalue weighted by atomic mass is 32.1. The Morgan fingerprint density at radius 2 is 1.80 bits per heavy atom. The van der Waals surface area contributed by atoms with E-state index in [4.69, 9.17) is 38.5 Å². The third-order valence-electron chi connectivity index (χ3n) is 4.99. The first-order chi connectivity index (χ1) is 14.6. The van der Waals surface area contributed by atoms with Gasteiger partial charge in [0.15, 0.2) is 5.11 Å². The number of rotatable bonds is 3. The molecule has 30 heavy (non-hydrogen) atoms. The molecule has 0 aliphatic rings. The quantitative estimate of drug-likeness (QED) is 0.404. The Balaban J connectivity index is 1.89. The summed E-state index contributed by atoms with van der Waals surface area (Å²) in [5.41, 5.74) is 15.5. The van der Waals surface area contributed by atoms with Gasteiger partial charge in [-0.3, -0.25) is 0 Å². The van der Waals surface area contributed by atoms with Gasteiger partial charge in [-0.15, -0.1) is 11.3 Å². The summed E-state index contributed by atoms with van der Waals surface area (Å²) in [4.78, 5) is 4.80. The fraction of sp³-hybridized carbons (Fsp3) is 0.0455. The Kier molecular flexibility index (Phi) is 4.38. The molecule has 148 valence electrons. The second-order valence-electron chi connectivity index (χ2n) is 6.71. The van der Waals surface area contributed by atoms with E-state index in [1.54, 1.807) is 18.4 Å². The average molecular weight is 432 g/mol. The number of thiocarbonyl (C=S) groups is 1. The fourth-order valence-corrected chi connectivity index (χ4v) is 4.79. The molecule has 2 aromatic heterocycles. The lowest BCUT2D eigenvalue weighted by molar-refractivity contribution is 0.417. The van der Waals surface area contributed by atoms with Gasteiger partial charge in [0.1, 0.15) is 22.3 Å². The summed E-state index contributed by atoms with van der Waals surface area (Å²) in [5.74, 6) is 1.04. The van der Waals surface area contributed by atoms with Gasteiger partial charge in [0, 0.05) is 0 Å². The molecular weight excluding hydrogens is 414 g/mol. The minimum Gasteiger partial charge on any atom is -0.496 e. The van der Waals surface area contributed by atoms with Gasteiger partial charge in [-0.1, -0.05) is 42.5 Å². The van der Waals surface area contributed by atoms with Crippen molar-refractivity contribution >= 4 is 55.5 Å². The molecule has 2 heterocycles. The number of benzene rings is 3. The number of hydrogen-bond acceptors (Lipinski definition) is 6. The van der Waals surface area contributed by atoms with Gasteiger partial charge >= 0.3 is 0 Å². The van der Waals surface area contributed by atoms with Crippen LogP contribution in [0, 0.1) is 0 Å². The summed E-state index contributed by atoms with van der Waals surface area (Å²) in [6, 6.07) is 20.0. The number of para-hydroxylation sites is 1. The van der Waals surface area contributed by atoms with E-state index < -0.39 is 0 Å². The molecule has 0 radical (unpaired) electrons. The third-order valence-corrected chi connectivity index (χ3v) is 6.21. The maximum absolute atomic E-state index is 6.49. The molecule has 4 N–H and O–H groups in total. The molecule has 0 saturated heterocycles. The zero-order valence-electron chi connectivity index (χ0n) is 16.0. The van der Waals surface area contributed by atoms with Crippen molar-refractivity contribution in [1.29, 1.82) is 0 Å². The van der Waals surface area contributed by atoms with Crippen LogP contribution in [-0.2, 0) is 0 Å². The minimum absolute atomic E-state index is 0.0697. The number of fused-ring (bicyclic) bond motifs is 2. The number of nitrogen functional groups attached to an aromatic ring is 1. The topological polar surface area (TPSA) is 92.0 Å². The van der Waals surface area contributed by atoms with Crippen molar-refractivity contribution in [3.05, 3.63) is 60.7 Å². The number of methoxy groups -OCH3 is 1. The molecule has 0 atom stereocenters. The fourth-order valence-electron chi connectivity index (χ4n) is 3.63. The van der Waals surface area contributed by atoms with Crippen LogP contribution < -0.4 is 16.2 Å². The zero-order chi connectivity index (χ0) is 20.8. The second kappa shape index (κ2) is 7.08. The average Bonchev–Trinajstić information content (AvgIpc) is 3.33. The summed E-state index contributed by atoms with van der Waals surface area (Å²) >= 11 is 6.74. The van der Waals surface area contributed by atoms with E-state index in [2.05, 4.69) is 0 Å². The van der Waals surface area contributed by atoms with Crippen molar-refractivity contribution < 1.29 is 4.74 Å². The largest absolute Gasteiger partial charge is 0.496 e. The molecule has 0 bridgehead atoms. The summed E-state index contributed by atoms with van der Waals surface area (Å²) in [6.45, 7) is 0. The lowest BCUT2D eigenvalue weighted by atomic mass is 9.98. The van der Waals surface area contributed by atoms with Crippen molar-refractivity contribution in [2.24, 2.45) is 5.73 Å². The summed E-state index contributed by atoms with van der Waals surface area (Å²) in [6.07, 6.45) is 0. The van der Waals surface area contributed by atoms with Crippen LogP contribution in [0.1, 0.15) is 0 Å². The molecule has 0 aliphatic carbocycles. The monoisotopic (exact) mass is 431 g/mol. The Bertz CT molecular complexity index is 1400. The first-order valence-corrected chi connectivity index (χ1v) is 10.4. The predicted molar refractivity (Wildman–Crippen MR) is 127 cm³/mol. The standard InChI is InChI=1S/C22H17N5OS2/c1-28-15-11-10-12-6-2-3-7-13(12)17(15)19-18(20(23)27(26-19)22(24)29)21-25-14-8-4-5-9-16(14)30-21/h2-11H,23H2,1H3,(H2,24,29). The van der Waals surface area contributed by atoms with Gasteiger partial charge < -0.3 is 16.2 Å². The van der Waals surface area contributed by atoms with Crippen LogP contribution in [0.3, 0.4) is 0 Å². The van der Waals surface area contributed by atoms with Crippen LogP contribution in [-0.4, -0.2) is 27.0 Å². The van der Waals surface area contributed by atoms with E-state index in [0.29, 0.717) is 22.8 Å². The Hall–Kier alpha value is -3.49. The maximum Gasteiger partial charge on any atom is 0.193 e. The number of hydrogen-bond donors (Lipinski definition) is 2. The van der Waals surface area contributed by atoms with E-state index in [1.165, 1.54) is 4.68 Å².